The highest BCUT2D eigenvalue weighted by Crippen LogP contribution is 2.32. The summed E-state index contributed by atoms with van der Waals surface area (Å²) < 4.78 is 19.1. The molecule has 4 nitrogen and oxygen atoms in total. The molecule has 0 spiro atoms. The van der Waals surface area contributed by atoms with Crippen LogP contribution in [-0.4, -0.2) is 28.7 Å². The molecule has 2 aromatic rings. The van der Waals surface area contributed by atoms with E-state index in [9.17, 15) is 4.39 Å². The molecule has 0 unspecified atom stereocenters. The van der Waals surface area contributed by atoms with Crippen LogP contribution in [0.3, 0.4) is 0 Å². The van der Waals surface area contributed by atoms with E-state index < -0.39 is 0 Å². The maximum absolute atomic E-state index is 12.8. The molecule has 1 N–H and O–H groups in total. The topological polar surface area (TPSA) is 47.0 Å². The summed E-state index contributed by atoms with van der Waals surface area (Å²) in [6.45, 7) is 2.25. The van der Waals surface area contributed by atoms with Crippen molar-refractivity contribution in [2.75, 3.05) is 18.5 Å². The molecular formula is C13H14FN3OS2. The van der Waals surface area contributed by atoms with Crippen molar-refractivity contribution < 1.29 is 9.13 Å². The Hall–Kier alpha value is -1.18. The average Bonchev–Trinajstić information content (AvgIpc) is 3.11. The third-order valence-corrected chi connectivity index (χ3v) is 5.12. The molecule has 1 atom stereocenters. The minimum absolute atomic E-state index is 0.220. The van der Waals surface area contributed by atoms with Crippen molar-refractivity contribution in [1.82, 2.24) is 10.2 Å². The molecule has 0 amide bonds. The second-order valence-electron chi connectivity index (χ2n) is 4.46. The van der Waals surface area contributed by atoms with Crippen LogP contribution in [0.5, 0.6) is 0 Å². The van der Waals surface area contributed by atoms with Gasteiger partial charge in [-0.25, -0.2) is 4.39 Å². The third-order valence-electron chi connectivity index (χ3n) is 2.92. The van der Waals surface area contributed by atoms with Crippen molar-refractivity contribution in [1.29, 1.82) is 0 Å². The number of hydrogen-bond donors (Lipinski definition) is 1. The Kier molecular flexibility index (Phi) is 4.49. The number of nitrogens with zero attached hydrogens (tertiary/aromatic N) is 2. The number of nitrogens with one attached hydrogen (secondary N) is 1. The summed E-state index contributed by atoms with van der Waals surface area (Å²) in [5.74, 6) is -0.220. The molecule has 1 aromatic carbocycles. The average molecular weight is 311 g/mol. The van der Waals surface area contributed by atoms with Gasteiger partial charge in [-0.2, -0.15) is 0 Å². The zero-order valence-corrected chi connectivity index (χ0v) is 12.3. The van der Waals surface area contributed by atoms with E-state index in [0.717, 1.165) is 34.7 Å². The highest BCUT2D eigenvalue weighted by atomic mass is 32.2. The van der Waals surface area contributed by atoms with Crippen molar-refractivity contribution in [3.63, 3.8) is 0 Å². The maximum atomic E-state index is 12.8. The molecule has 7 heteroatoms. The molecule has 20 heavy (non-hydrogen) atoms. The first-order valence-corrected chi connectivity index (χ1v) is 8.05. The first-order valence-electron chi connectivity index (χ1n) is 6.36. The largest absolute Gasteiger partial charge is 0.380 e. The van der Waals surface area contributed by atoms with Gasteiger partial charge in [-0.05, 0) is 24.1 Å². The summed E-state index contributed by atoms with van der Waals surface area (Å²) in [6.07, 6.45) is 1.07. The highest BCUT2D eigenvalue weighted by molar-refractivity contribution is 8.01. The van der Waals surface area contributed by atoms with E-state index in [0.29, 0.717) is 11.8 Å². The highest BCUT2D eigenvalue weighted by Gasteiger charge is 2.19. The molecule has 1 aliphatic rings. The van der Waals surface area contributed by atoms with Crippen molar-refractivity contribution >= 4 is 28.2 Å². The van der Waals surface area contributed by atoms with Crippen LogP contribution in [0, 0.1) is 5.82 Å². The SMILES string of the molecule is Fc1ccc(CNc2nnc(S[C@H]3CCOC3)s2)cc1. The van der Waals surface area contributed by atoms with Crippen molar-refractivity contribution in [3.05, 3.63) is 35.6 Å². The van der Waals surface area contributed by atoms with Gasteiger partial charge in [-0.15, -0.1) is 10.2 Å². The molecule has 106 valence electrons. The fourth-order valence-corrected chi connectivity index (χ4v) is 3.92. The van der Waals surface area contributed by atoms with Crippen LogP contribution in [0.4, 0.5) is 9.52 Å². The van der Waals surface area contributed by atoms with Crippen LogP contribution in [-0.2, 0) is 11.3 Å². The molecule has 0 saturated carbocycles. The molecule has 1 fully saturated rings. The second-order valence-corrected chi connectivity index (χ2v) is 6.98. The molecule has 0 radical (unpaired) electrons. The Balaban J connectivity index is 1.52. The summed E-state index contributed by atoms with van der Waals surface area (Å²) in [5.41, 5.74) is 1.01. The molecule has 1 saturated heterocycles. The Morgan fingerprint density at radius 3 is 2.95 bits per heavy atom. The Bertz CT molecular complexity index is 555. The van der Waals surface area contributed by atoms with Gasteiger partial charge in [-0.3, -0.25) is 0 Å². The van der Waals surface area contributed by atoms with Gasteiger partial charge in [0.2, 0.25) is 5.13 Å². The molecule has 0 bridgehead atoms. The smallest absolute Gasteiger partial charge is 0.206 e. The fourth-order valence-electron chi connectivity index (χ4n) is 1.86. The van der Waals surface area contributed by atoms with Gasteiger partial charge in [0.1, 0.15) is 5.82 Å². The van der Waals surface area contributed by atoms with Crippen LogP contribution in [0.2, 0.25) is 0 Å². The Labute approximate surface area is 124 Å². The zero-order valence-electron chi connectivity index (χ0n) is 10.7. The molecule has 2 heterocycles. The van der Waals surface area contributed by atoms with Gasteiger partial charge in [0, 0.05) is 18.4 Å². The molecule has 3 rings (SSSR count). The van der Waals surface area contributed by atoms with E-state index in [-0.39, 0.29) is 5.82 Å². The van der Waals surface area contributed by atoms with Crippen molar-refractivity contribution in [2.24, 2.45) is 0 Å². The van der Waals surface area contributed by atoms with Crippen LogP contribution >= 0.6 is 23.1 Å². The van der Waals surface area contributed by atoms with Gasteiger partial charge in [0.25, 0.3) is 0 Å². The molecule has 1 aliphatic heterocycles. The monoisotopic (exact) mass is 311 g/mol. The van der Waals surface area contributed by atoms with E-state index in [4.69, 9.17) is 4.74 Å². The number of anilines is 1. The van der Waals surface area contributed by atoms with Crippen LogP contribution in [0.1, 0.15) is 12.0 Å². The number of thioether (sulfide) groups is 1. The molecule has 1 aromatic heterocycles. The van der Waals surface area contributed by atoms with Gasteiger partial charge in [0.05, 0.1) is 6.61 Å². The quantitative estimate of drug-likeness (QED) is 0.919. The van der Waals surface area contributed by atoms with Crippen LogP contribution < -0.4 is 5.32 Å². The fraction of sp³-hybridized carbons (Fsp3) is 0.385. The maximum Gasteiger partial charge on any atom is 0.206 e. The minimum atomic E-state index is -0.220. The second kappa shape index (κ2) is 6.51. The number of aromatic nitrogens is 2. The van der Waals surface area contributed by atoms with E-state index in [2.05, 4.69) is 15.5 Å². The lowest BCUT2D eigenvalue weighted by molar-refractivity contribution is 0.199. The number of hydrogen-bond acceptors (Lipinski definition) is 6. The van der Waals surface area contributed by atoms with Crippen LogP contribution in [0.25, 0.3) is 0 Å². The van der Waals surface area contributed by atoms with Crippen molar-refractivity contribution in [2.45, 2.75) is 22.6 Å². The predicted molar refractivity (Wildman–Crippen MR) is 78.7 cm³/mol. The Morgan fingerprint density at radius 1 is 1.35 bits per heavy atom. The van der Waals surface area contributed by atoms with Gasteiger partial charge in [0.15, 0.2) is 4.34 Å². The van der Waals surface area contributed by atoms with Gasteiger partial charge in [-0.1, -0.05) is 35.2 Å². The van der Waals surface area contributed by atoms with Gasteiger partial charge >= 0.3 is 0 Å². The lowest BCUT2D eigenvalue weighted by atomic mass is 10.2. The van der Waals surface area contributed by atoms with Gasteiger partial charge < -0.3 is 10.1 Å². The number of benzene rings is 1. The summed E-state index contributed by atoms with van der Waals surface area (Å²) in [5, 5.41) is 12.8. The Morgan fingerprint density at radius 2 is 2.20 bits per heavy atom. The van der Waals surface area contributed by atoms with E-state index in [1.54, 1.807) is 35.2 Å². The van der Waals surface area contributed by atoms with Crippen molar-refractivity contribution in [3.8, 4) is 0 Å². The molecular weight excluding hydrogens is 297 g/mol. The van der Waals surface area contributed by atoms with Crippen LogP contribution in [0.15, 0.2) is 28.6 Å². The van der Waals surface area contributed by atoms with E-state index >= 15 is 0 Å². The summed E-state index contributed by atoms with van der Waals surface area (Å²) >= 11 is 3.27. The van der Waals surface area contributed by atoms with E-state index in [1.807, 2.05) is 0 Å². The summed E-state index contributed by atoms with van der Waals surface area (Å²) in [7, 11) is 0. The predicted octanol–water partition coefficient (Wildman–Crippen LogP) is 3.17. The standard InChI is InChI=1S/C13H14FN3OS2/c14-10-3-1-9(2-4-10)7-15-12-16-17-13(20-12)19-11-5-6-18-8-11/h1-4,11H,5-8H2,(H,15,16)/t11-/m0/s1. The lowest BCUT2D eigenvalue weighted by Gasteiger charge is -2.02. The number of ether oxygens (including phenoxy) is 1. The first kappa shape index (κ1) is 13.8. The zero-order chi connectivity index (χ0) is 13.8. The summed E-state index contributed by atoms with van der Waals surface area (Å²) in [6, 6.07) is 6.43. The molecule has 0 aliphatic carbocycles. The lowest BCUT2D eigenvalue weighted by Crippen LogP contribution is -1.99. The third kappa shape index (κ3) is 3.68. The van der Waals surface area contributed by atoms with E-state index in [1.165, 1.54) is 12.1 Å². The number of halogens is 1. The minimum Gasteiger partial charge on any atom is -0.380 e. The number of rotatable bonds is 5. The normalized spacial score (nSPS) is 18.4. The first-order chi connectivity index (χ1) is 9.79. The summed E-state index contributed by atoms with van der Waals surface area (Å²) in [4.78, 5) is 0.